The quantitative estimate of drug-likeness (QED) is 0.727. The topological polar surface area (TPSA) is 47.0 Å². The summed E-state index contributed by atoms with van der Waals surface area (Å²) in [5, 5.41) is 3.21. The number of anilines is 1. The summed E-state index contributed by atoms with van der Waals surface area (Å²) < 4.78 is 4.97. The molecule has 1 N–H and O–H groups in total. The lowest BCUT2D eigenvalue weighted by molar-refractivity contribution is 0.193. The van der Waals surface area contributed by atoms with E-state index < -0.39 is 0 Å². The number of methoxy groups -OCH3 is 1. The lowest BCUT2D eigenvalue weighted by Gasteiger charge is -2.06. The minimum Gasteiger partial charge on any atom is -0.385 e. The normalized spacial score (nSPS) is 10.3. The number of unbranched alkanes of at least 4 members (excludes halogenated alkanes) is 1. The van der Waals surface area contributed by atoms with Crippen molar-refractivity contribution in [3.63, 3.8) is 0 Å². The van der Waals surface area contributed by atoms with E-state index in [0.29, 0.717) is 0 Å². The highest BCUT2D eigenvalue weighted by atomic mass is 16.5. The number of aryl methyl sites for hydroxylation is 2. The minimum absolute atomic E-state index is 0.727. The molecule has 4 nitrogen and oxygen atoms in total. The molecule has 1 aromatic heterocycles. The van der Waals surface area contributed by atoms with E-state index in [4.69, 9.17) is 4.74 Å². The average molecular weight is 209 g/mol. The van der Waals surface area contributed by atoms with E-state index in [9.17, 15) is 0 Å². The molecule has 1 aromatic rings. The number of aromatic nitrogens is 2. The highest BCUT2D eigenvalue weighted by molar-refractivity contribution is 5.27. The van der Waals surface area contributed by atoms with Crippen molar-refractivity contribution in [2.45, 2.75) is 26.7 Å². The molecule has 4 heteroatoms. The van der Waals surface area contributed by atoms with Crippen LogP contribution in [0.25, 0.3) is 0 Å². The molecule has 0 bridgehead atoms. The van der Waals surface area contributed by atoms with Crippen molar-refractivity contribution in [2.75, 3.05) is 25.6 Å². The summed E-state index contributed by atoms with van der Waals surface area (Å²) in [6.45, 7) is 5.66. The maximum atomic E-state index is 4.97. The van der Waals surface area contributed by atoms with E-state index in [2.05, 4.69) is 15.3 Å². The lowest BCUT2D eigenvalue weighted by Crippen LogP contribution is -2.07. The van der Waals surface area contributed by atoms with Crippen molar-refractivity contribution in [2.24, 2.45) is 0 Å². The SMILES string of the molecule is COCCCCNc1nc(C)cc(C)n1. The zero-order chi connectivity index (χ0) is 11.1. The third-order valence-corrected chi connectivity index (χ3v) is 2.04. The summed E-state index contributed by atoms with van der Waals surface area (Å²) in [4.78, 5) is 8.60. The van der Waals surface area contributed by atoms with Crippen LogP contribution >= 0.6 is 0 Å². The second kappa shape index (κ2) is 6.35. The van der Waals surface area contributed by atoms with E-state index in [1.54, 1.807) is 7.11 Å². The van der Waals surface area contributed by atoms with Crippen molar-refractivity contribution in [3.05, 3.63) is 17.5 Å². The van der Waals surface area contributed by atoms with Gasteiger partial charge in [-0.15, -0.1) is 0 Å². The van der Waals surface area contributed by atoms with Gasteiger partial charge in [0.1, 0.15) is 0 Å². The smallest absolute Gasteiger partial charge is 0.223 e. The van der Waals surface area contributed by atoms with Gasteiger partial charge < -0.3 is 10.1 Å². The fourth-order valence-corrected chi connectivity index (χ4v) is 1.38. The Morgan fingerprint density at radius 3 is 2.47 bits per heavy atom. The molecule has 0 aliphatic carbocycles. The Hall–Kier alpha value is -1.16. The zero-order valence-corrected chi connectivity index (χ0v) is 9.71. The Morgan fingerprint density at radius 1 is 1.20 bits per heavy atom. The Kier molecular flexibility index (Phi) is 5.04. The summed E-state index contributed by atoms with van der Waals surface area (Å²) in [6, 6.07) is 1.97. The minimum atomic E-state index is 0.727. The van der Waals surface area contributed by atoms with Crippen LogP contribution in [0.3, 0.4) is 0 Å². The van der Waals surface area contributed by atoms with Gasteiger partial charge in [0.2, 0.25) is 5.95 Å². The number of nitrogens with one attached hydrogen (secondary N) is 1. The first-order chi connectivity index (χ1) is 7.22. The highest BCUT2D eigenvalue weighted by Crippen LogP contribution is 2.03. The van der Waals surface area contributed by atoms with E-state index >= 15 is 0 Å². The lowest BCUT2D eigenvalue weighted by atomic mass is 10.3. The first-order valence-corrected chi connectivity index (χ1v) is 5.27. The molecule has 0 aliphatic heterocycles. The van der Waals surface area contributed by atoms with E-state index in [-0.39, 0.29) is 0 Å². The summed E-state index contributed by atoms with van der Waals surface area (Å²) >= 11 is 0. The number of hydrogen-bond donors (Lipinski definition) is 1. The second-order valence-corrected chi connectivity index (χ2v) is 3.60. The molecule has 0 unspecified atom stereocenters. The van der Waals surface area contributed by atoms with Crippen LogP contribution in [0.15, 0.2) is 6.07 Å². The Balaban J connectivity index is 2.31. The maximum Gasteiger partial charge on any atom is 0.223 e. The molecule has 0 saturated heterocycles. The molecule has 0 amide bonds. The number of ether oxygens (including phenoxy) is 1. The van der Waals surface area contributed by atoms with Crippen LogP contribution in [0.2, 0.25) is 0 Å². The Morgan fingerprint density at radius 2 is 1.87 bits per heavy atom. The Bertz CT molecular complexity index is 282. The predicted molar refractivity (Wildman–Crippen MR) is 61.1 cm³/mol. The molecule has 0 saturated carbocycles. The number of nitrogens with zero attached hydrogens (tertiary/aromatic N) is 2. The van der Waals surface area contributed by atoms with Crippen LogP contribution in [-0.2, 0) is 4.74 Å². The molecule has 0 aliphatic rings. The van der Waals surface area contributed by atoms with E-state index in [0.717, 1.165) is 43.3 Å². The van der Waals surface area contributed by atoms with Crippen LogP contribution in [0.4, 0.5) is 5.95 Å². The first-order valence-electron chi connectivity index (χ1n) is 5.27. The van der Waals surface area contributed by atoms with Gasteiger partial charge in [-0.2, -0.15) is 0 Å². The third-order valence-electron chi connectivity index (χ3n) is 2.04. The largest absolute Gasteiger partial charge is 0.385 e. The molecule has 15 heavy (non-hydrogen) atoms. The fourth-order valence-electron chi connectivity index (χ4n) is 1.38. The van der Waals surface area contributed by atoms with Crippen LogP contribution in [0, 0.1) is 13.8 Å². The molecule has 0 fully saturated rings. The molecule has 0 aromatic carbocycles. The summed E-state index contributed by atoms with van der Waals surface area (Å²) in [7, 11) is 1.72. The number of rotatable bonds is 6. The predicted octanol–water partition coefficient (Wildman–Crippen LogP) is 1.93. The van der Waals surface area contributed by atoms with Crippen LogP contribution in [0.1, 0.15) is 24.2 Å². The van der Waals surface area contributed by atoms with Crippen molar-refractivity contribution >= 4 is 5.95 Å². The monoisotopic (exact) mass is 209 g/mol. The summed E-state index contributed by atoms with van der Waals surface area (Å²) in [6.07, 6.45) is 2.14. The van der Waals surface area contributed by atoms with E-state index in [1.807, 2.05) is 19.9 Å². The molecule has 0 radical (unpaired) electrons. The molecule has 1 rings (SSSR count). The van der Waals surface area contributed by atoms with Gasteiger partial charge >= 0.3 is 0 Å². The number of hydrogen-bond acceptors (Lipinski definition) is 4. The molecule has 0 atom stereocenters. The van der Waals surface area contributed by atoms with Gasteiger partial charge in [0, 0.05) is 31.6 Å². The van der Waals surface area contributed by atoms with Crippen molar-refractivity contribution in [1.29, 1.82) is 0 Å². The standard InChI is InChI=1S/C11H19N3O/c1-9-8-10(2)14-11(13-9)12-6-4-5-7-15-3/h8H,4-7H2,1-3H3,(H,12,13,14). The maximum absolute atomic E-state index is 4.97. The fraction of sp³-hybridized carbons (Fsp3) is 0.636. The van der Waals surface area contributed by atoms with Crippen LogP contribution < -0.4 is 5.32 Å². The van der Waals surface area contributed by atoms with Gasteiger partial charge in [0.25, 0.3) is 0 Å². The van der Waals surface area contributed by atoms with Crippen molar-refractivity contribution in [3.8, 4) is 0 Å². The molecule has 84 valence electrons. The van der Waals surface area contributed by atoms with Crippen LogP contribution in [-0.4, -0.2) is 30.2 Å². The van der Waals surface area contributed by atoms with Gasteiger partial charge in [-0.1, -0.05) is 0 Å². The molecular weight excluding hydrogens is 190 g/mol. The van der Waals surface area contributed by atoms with Gasteiger partial charge in [0.05, 0.1) is 0 Å². The summed E-state index contributed by atoms with van der Waals surface area (Å²) in [5.74, 6) is 0.727. The van der Waals surface area contributed by atoms with Gasteiger partial charge in [-0.3, -0.25) is 0 Å². The van der Waals surface area contributed by atoms with Crippen LogP contribution in [0.5, 0.6) is 0 Å². The van der Waals surface area contributed by atoms with Gasteiger partial charge in [-0.05, 0) is 32.8 Å². The van der Waals surface area contributed by atoms with Crippen molar-refractivity contribution in [1.82, 2.24) is 9.97 Å². The van der Waals surface area contributed by atoms with Gasteiger partial charge in [0.15, 0.2) is 0 Å². The highest BCUT2D eigenvalue weighted by Gasteiger charge is 1.97. The zero-order valence-electron chi connectivity index (χ0n) is 9.71. The summed E-state index contributed by atoms with van der Waals surface area (Å²) in [5.41, 5.74) is 2.00. The molecule has 0 spiro atoms. The first kappa shape index (κ1) is 11.9. The average Bonchev–Trinajstić information content (AvgIpc) is 2.16. The third kappa shape index (κ3) is 4.74. The molecule has 1 heterocycles. The van der Waals surface area contributed by atoms with Gasteiger partial charge in [-0.25, -0.2) is 9.97 Å². The van der Waals surface area contributed by atoms with E-state index in [1.165, 1.54) is 0 Å². The van der Waals surface area contributed by atoms with Crippen molar-refractivity contribution < 1.29 is 4.74 Å². The Labute approximate surface area is 91.1 Å². The molecular formula is C11H19N3O. The second-order valence-electron chi connectivity index (χ2n) is 3.60.